The Kier molecular flexibility index (Phi) is 3.40. The zero-order chi connectivity index (χ0) is 13.9. The molecule has 0 N–H and O–H groups in total. The quantitative estimate of drug-likeness (QED) is 0.625. The number of aldehydes is 1. The van der Waals surface area contributed by atoms with Gasteiger partial charge in [-0.2, -0.15) is 0 Å². The molecule has 0 aliphatic rings. The fourth-order valence-corrected chi connectivity index (χ4v) is 2.29. The van der Waals surface area contributed by atoms with Crippen LogP contribution in [0.25, 0.3) is 10.8 Å². The number of benzene rings is 3. The van der Waals surface area contributed by atoms with Crippen molar-refractivity contribution >= 4 is 28.7 Å². The Morgan fingerprint density at radius 2 is 1.55 bits per heavy atom. The zero-order valence-corrected chi connectivity index (χ0v) is 11.3. The molecule has 0 saturated carbocycles. The first kappa shape index (κ1) is 12.7. The number of hydrogen-bond acceptors (Lipinski definition) is 2. The first-order valence-corrected chi connectivity index (χ1v) is 6.56. The summed E-state index contributed by atoms with van der Waals surface area (Å²) in [5.74, 6) is 1.42. The fourth-order valence-electron chi connectivity index (χ4n) is 2.07. The monoisotopic (exact) mass is 282 g/mol. The molecule has 0 saturated heterocycles. The molecule has 0 spiro atoms. The Hall–Kier alpha value is -2.32. The second kappa shape index (κ2) is 5.35. The van der Waals surface area contributed by atoms with Crippen molar-refractivity contribution in [2.45, 2.75) is 0 Å². The number of ether oxygens (including phenoxy) is 1. The molecule has 0 aliphatic heterocycles. The second-order valence-corrected chi connectivity index (χ2v) is 4.79. The molecule has 0 unspecified atom stereocenters. The smallest absolute Gasteiger partial charge is 0.150 e. The van der Waals surface area contributed by atoms with Crippen LogP contribution in [-0.2, 0) is 0 Å². The molecule has 20 heavy (non-hydrogen) atoms. The van der Waals surface area contributed by atoms with Crippen molar-refractivity contribution in [3.63, 3.8) is 0 Å². The Morgan fingerprint density at radius 1 is 0.850 bits per heavy atom. The van der Waals surface area contributed by atoms with Crippen LogP contribution in [0.5, 0.6) is 11.5 Å². The Labute approximate surface area is 121 Å². The van der Waals surface area contributed by atoms with Gasteiger partial charge in [-0.15, -0.1) is 0 Å². The lowest BCUT2D eigenvalue weighted by Crippen LogP contribution is -1.87. The number of hydrogen-bond donors (Lipinski definition) is 0. The van der Waals surface area contributed by atoms with Gasteiger partial charge in [0.15, 0.2) is 0 Å². The maximum absolute atomic E-state index is 10.6. The number of carbonyl (C=O) groups excluding carboxylic acids is 1. The maximum atomic E-state index is 10.6. The van der Waals surface area contributed by atoms with Gasteiger partial charge in [-0.05, 0) is 36.4 Å². The largest absolute Gasteiger partial charge is 0.457 e. The highest BCUT2D eigenvalue weighted by Gasteiger charge is 2.06. The molecular weight excluding hydrogens is 272 g/mol. The summed E-state index contributed by atoms with van der Waals surface area (Å²) >= 11 is 6.18. The standard InChI is InChI=1S/C17H11ClO2/c18-16-9-10-17(15-4-2-1-3-14(15)16)20-13-7-5-12(11-19)6-8-13/h1-11H. The van der Waals surface area contributed by atoms with Gasteiger partial charge in [0.1, 0.15) is 17.8 Å². The van der Waals surface area contributed by atoms with Gasteiger partial charge in [0.25, 0.3) is 0 Å². The Bertz CT molecular complexity index is 764. The van der Waals surface area contributed by atoms with E-state index >= 15 is 0 Å². The molecule has 3 rings (SSSR count). The molecule has 0 bridgehead atoms. The van der Waals surface area contributed by atoms with Crippen LogP contribution in [0.4, 0.5) is 0 Å². The van der Waals surface area contributed by atoms with E-state index in [-0.39, 0.29) is 0 Å². The zero-order valence-electron chi connectivity index (χ0n) is 10.5. The Balaban J connectivity index is 2.02. The minimum atomic E-state index is 0.623. The highest BCUT2D eigenvalue weighted by molar-refractivity contribution is 6.35. The molecule has 3 aromatic rings. The molecule has 0 fully saturated rings. The van der Waals surface area contributed by atoms with Crippen LogP contribution in [0.1, 0.15) is 10.4 Å². The van der Waals surface area contributed by atoms with Gasteiger partial charge in [0.05, 0.1) is 0 Å². The van der Waals surface area contributed by atoms with Crippen LogP contribution in [0, 0.1) is 0 Å². The molecular formula is C17H11ClO2. The van der Waals surface area contributed by atoms with Gasteiger partial charge in [0.2, 0.25) is 0 Å². The lowest BCUT2D eigenvalue weighted by Gasteiger charge is -2.10. The molecule has 0 aliphatic carbocycles. The number of rotatable bonds is 3. The van der Waals surface area contributed by atoms with Crippen molar-refractivity contribution in [3.8, 4) is 11.5 Å². The topological polar surface area (TPSA) is 26.3 Å². The van der Waals surface area contributed by atoms with Crippen molar-refractivity contribution in [1.29, 1.82) is 0 Å². The third kappa shape index (κ3) is 2.38. The van der Waals surface area contributed by atoms with Crippen molar-refractivity contribution in [2.75, 3.05) is 0 Å². The van der Waals surface area contributed by atoms with E-state index in [4.69, 9.17) is 16.3 Å². The molecule has 0 amide bonds. The van der Waals surface area contributed by atoms with E-state index in [0.717, 1.165) is 22.8 Å². The van der Waals surface area contributed by atoms with Crippen molar-refractivity contribution in [2.24, 2.45) is 0 Å². The predicted molar refractivity (Wildman–Crippen MR) is 80.9 cm³/mol. The predicted octanol–water partition coefficient (Wildman–Crippen LogP) is 5.10. The third-order valence-electron chi connectivity index (χ3n) is 3.07. The van der Waals surface area contributed by atoms with E-state index < -0.39 is 0 Å². The van der Waals surface area contributed by atoms with Crippen LogP contribution in [-0.4, -0.2) is 6.29 Å². The third-order valence-corrected chi connectivity index (χ3v) is 3.40. The minimum Gasteiger partial charge on any atom is -0.457 e. The lowest BCUT2D eigenvalue weighted by atomic mass is 10.1. The van der Waals surface area contributed by atoms with Gasteiger partial charge in [-0.1, -0.05) is 35.9 Å². The molecule has 98 valence electrons. The second-order valence-electron chi connectivity index (χ2n) is 4.38. The van der Waals surface area contributed by atoms with E-state index in [1.807, 2.05) is 36.4 Å². The molecule has 0 radical (unpaired) electrons. The van der Waals surface area contributed by atoms with E-state index in [0.29, 0.717) is 16.3 Å². The number of fused-ring (bicyclic) bond motifs is 1. The average molecular weight is 283 g/mol. The molecule has 2 nitrogen and oxygen atoms in total. The van der Waals surface area contributed by atoms with E-state index in [9.17, 15) is 4.79 Å². The summed E-state index contributed by atoms with van der Waals surface area (Å²) in [5.41, 5.74) is 0.623. The Morgan fingerprint density at radius 3 is 2.25 bits per heavy atom. The first-order chi connectivity index (χ1) is 9.78. The van der Waals surface area contributed by atoms with Crippen LogP contribution in [0.15, 0.2) is 60.7 Å². The van der Waals surface area contributed by atoms with Crippen LogP contribution in [0.3, 0.4) is 0 Å². The normalized spacial score (nSPS) is 10.4. The number of carbonyl (C=O) groups is 1. The molecule has 0 heterocycles. The highest BCUT2D eigenvalue weighted by atomic mass is 35.5. The van der Waals surface area contributed by atoms with E-state index in [1.54, 1.807) is 24.3 Å². The molecule has 3 heteroatoms. The van der Waals surface area contributed by atoms with E-state index in [1.165, 1.54) is 0 Å². The highest BCUT2D eigenvalue weighted by Crippen LogP contribution is 2.33. The maximum Gasteiger partial charge on any atom is 0.150 e. The van der Waals surface area contributed by atoms with Crippen LogP contribution < -0.4 is 4.74 Å². The van der Waals surface area contributed by atoms with Gasteiger partial charge in [0, 0.05) is 21.4 Å². The molecule has 3 aromatic carbocycles. The van der Waals surface area contributed by atoms with Gasteiger partial charge in [-0.3, -0.25) is 4.79 Å². The van der Waals surface area contributed by atoms with Gasteiger partial charge < -0.3 is 4.74 Å². The van der Waals surface area contributed by atoms with Crippen LogP contribution in [0.2, 0.25) is 5.02 Å². The fraction of sp³-hybridized carbons (Fsp3) is 0. The molecule has 0 aromatic heterocycles. The van der Waals surface area contributed by atoms with Gasteiger partial charge in [-0.25, -0.2) is 0 Å². The van der Waals surface area contributed by atoms with Crippen molar-refractivity contribution in [3.05, 3.63) is 71.2 Å². The summed E-state index contributed by atoms with van der Waals surface area (Å²) in [4.78, 5) is 10.6. The minimum absolute atomic E-state index is 0.623. The van der Waals surface area contributed by atoms with Crippen molar-refractivity contribution < 1.29 is 9.53 Å². The van der Waals surface area contributed by atoms with Crippen LogP contribution >= 0.6 is 11.6 Å². The molecule has 0 atom stereocenters. The van der Waals surface area contributed by atoms with E-state index in [2.05, 4.69) is 0 Å². The lowest BCUT2D eigenvalue weighted by molar-refractivity contribution is 0.112. The summed E-state index contributed by atoms with van der Waals surface area (Å²) in [5, 5.41) is 2.61. The average Bonchev–Trinajstić information content (AvgIpc) is 2.51. The summed E-state index contributed by atoms with van der Waals surface area (Å²) < 4.78 is 5.87. The first-order valence-electron chi connectivity index (χ1n) is 6.18. The summed E-state index contributed by atoms with van der Waals surface area (Å²) in [6.07, 6.45) is 0.807. The van der Waals surface area contributed by atoms with Gasteiger partial charge >= 0.3 is 0 Å². The summed E-state index contributed by atoms with van der Waals surface area (Å²) in [6, 6.07) is 18.5. The SMILES string of the molecule is O=Cc1ccc(Oc2ccc(Cl)c3ccccc23)cc1. The summed E-state index contributed by atoms with van der Waals surface area (Å²) in [6.45, 7) is 0. The number of halogens is 1. The summed E-state index contributed by atoms with van der Waals surface area (Å²) in [7, 11) is 0. The van der Waals surface area contributed by atoms with Crippen molar-refractivity contribution in [1.82, 2.24) is 0 Å².